The highest BCUT2D eigenvalue weighted by Gasteiger charge is 2.20. The summed E-state index contributed by atoms with van der Waals surface area (Å²) in [6.45, 7) is 3.34. The SMILES string of the molecule is CCCCc1ncc(CN[C@@H](Cc2ccccc2)C(=O)OC)n1Cc1ccccc1Cl. The van der Waals surface area contributed by atoms with Gasteiger partial charge in [0.05, 0.1) is 19.3 Å². The maximum absolute atomic E-state index is 12.4. The van der Waals surface area contributed by atoms with E-state index in [1.54, 1.807) is 0 Å². The maximum Gasteiger partial charge on any atom is 0.323 e. The normalized spacial score (nSPS) is 12.0. The molecule has 0 aliphatic heterocycles. The Balaban J connectivity index is 1.79. The molecule has 1 atom stereocenters. The number of aryl methyl sites for hydroxylation is 1. The summed E-state index contributed by atoms with van der Waals surface area (Å²) in [5, 5.41) is 4.12. The minimum atomic E-state index is -0.435. The van der Waals surface area contributed by atoms with Gasteiger partial charge < -0.3 is 9.30 Å². The number of esters is 1. The van der Waals surface area contributed by atoms with Gasteiger partial charge in [-0.25, -0.2) is 4.98 Å². The quantitative estimate of drug-likeness (QED) is 0.436. The van der Waals surface area contributed by atoms with Crippen molar-refractivity contribution >= 4 is 17.6 Å². The van der Waals surface area contributed by atoms with Crippen LogP contribution in [0.5, 0.6) is 0 Å². The van der Waals surface area contributed by atoms with Gasteiger partial charge in [-0.15, -0.1) is 0 Å². The zero-order valence-electron chi connectivity index (χ0n) is 18.2. The number of imidazole rings is 1. The van der Waals surface area contributed by atoms with E-state index in [1.165, 1.54) is 7.11 Å². The summed E-state index contributed by atoms with van der Waals surface area (Å²) in [5.41, 5.74) is 3.15. The van der Waals surface area contributed by atoms with Crippen LogP contribution in [0.3, 0.4) is 0 Å². The lowest BCUT2D eigenvalue weighted by atomic mass is 10.1. The van der Waals surface area contributed by atoms with Gasteiger partial charge in [-0.2, -0.15) is 0 Å². The second kappa shape index (κ2) is 11.7. The van der Waals surface area contributed by atoms with Gasteiger partial charge in [-0.05, 0) is 30.0 Å². The largest absolute Gasteiger partial charge is 0.468 e. The monoisotopic (exact) mass is 439 g/mol. The first-order valence-electron chi connectivity index (χ1n) is 10.7. The van der Waals surface area contributed by atoms with E-state index in [0.29, 0.717) is 19.5 Å². The molecule has 1 heterocycles. The zero-order valence-corrected chi connectivity index (χ0v) is 18.9. The molecule has 0 aliphatic rings. The third-order valence-corrected chi connectivity index (χ3v) is 5.73. The Morgan fingerprint density at radius 3 is 2.61 bits per heavy atom. The number of benzene rings is 2. The Labute approximate surface area is 189 Å². The first kappa shape index (κ1) is 23.0. The van der Waals surface area contributed by atoms with E-state index in [-0.39, 0.29) is 5.97 Å². The van der Waals surface area contributed by atoms with Crippen LogP contribution >= 0.6 is 11.6 Å². The first-order chi connectivity index (χ1) is 15.1. The highest BCUT2D eigenvalue weighted by molar-refractivity contribution is 6.31. The molecule has 0 unspecified atom stereocenters. The van der Waals surface area contributed by atoms with Crippen molar-refractivity contribution in [1.82, 2.24) is 14.9 Å². The van der Waals surface area contributed by atoms with Crippen LogP contribution in [0, 0.1) is 0 Å². The van der Waals surface area contributed by atoms with Gasteiger partial charge in [0.2, 0.25) is 0 Å². The molecular weight excluding hydrogens is 410 g/mol. The smallest absolute Gasteiger partial charge is 0.323 e. The molecule has 0 radical (unpaired) electrons. The number of hydrogen-bond acceptors (Lipinski definition) is 4. The Bertz CT molecular complexity index is 972. The van der Waals surface area contributed by atoms with E-state index in [0.717, 1.165) is 46.9 Å². The molecule has 0 aliphatic carbocycles. The Kier molecular flexibility index (Phi) is 8.68. The molecule has 0 amide bonds. The van der Waals surface area contributed by atoms with E-state index in [1.807, 2.05) is 60.8 Å². The summed E-state index contributed by atoms with van der Waals surface area (Å²) in [4.78, 5) is 17.1. The fraction of sp³-hybridized carbons (Fsp3) is 0.360. The van der Waals surface area contributed by atoms with Crippen LogP contribution in [0.1, 0.15) is 42.4 Å². The molecule has 1 aromatic heterocycles. The van der Waals surface area contributed by atoms with Crippen molar-refractivity contribution in [2.24, 2.45) is 0 Å². The number of methoxy groups -OCH3 is 1. The van der Waals surface area contributed by atoms with Crippen LogP contribution in [-0.2, 0) is 35.5 Å². The first-order valence-corrected chi connectivity index (χ1v) is 11.1. The fourth-order valence-corrected chi connectivity index (χ4v) is 3.77. The van der Waals surface area contributed by atoms with Crippen molar-refractivity contribution in [2.45, 2.75) is 51.7 Å². The number of halogens is 1. The molecule has 6 heteroatoms. The van der Waals surface area contributed by atoms with Crippen molar-refractivity contribution in [3.05, 3.63) is 88.5 Å². The van der Waals surface area contributed by atoms with E-state index in [9.17, 15) is 4.79 Å². The Morgan fingerprint density at radius 2 is 1.90 bits per heavy atom. The molecule has 164 valence electrons. The number of ether oxygens (including phenoxy) is 1. The van der Waals surface area contributed by atoms with E-state index < -0.39 is 6.04 Å². The molecular formula is C25H30ClN3O2. The van der Waals surface area contributed by atoms with Crippen LogP contribution in [0.25, 0.3) is 0 Å². The van der Waals surface area contributed by atoms with Crippen LogP contribution in [0.2, 0.25) is 5.02 Å². The minimum absolute atomic E-state index is 0.271. The van der Waals surface area contributed by atoms with Gasteiger partial charge in [-0.1, -0.05) is 73.5 Å². The van der Waals surface area contributed by atoms with Gasteiger partial charge in [-0.3, -0.25) is 10.1 Å². The summed E-state index contributed by atoms with van der Waals surface area (Å²) in [6, 6.07) is 17.4. The van der Waals surface area contributed by atoms with Crippen LogP contribution in [0.15, 0.2) is 60.8 Å². The van der Waals surface area contributed by atoms with E-state index >= 15 is 0 Å². The summed E-state index contributed by atoms with van der Waals surface area (Å²) >= 11 is 6.42. The lowest BCUT2D eigenvalue weighted by Gasteiger charge is -2.18. The molecule has 0 saturated heterocycles. The Hall–Kier alpha value is -2.63. The third kappa shape index (κ3) is 6.42. The number of carbonyl (C=O) groups is 1. The molecule has 0 saturated carbocycles. The van der Waals surface area contributed by atoms with Crippen LogP contribution in [0.4, 0.5) is 0 Å². The third-order valence-electron chi connectivity index (χ3n) is 5.36. The Morgan fingerprint density at radius 1 is 1.16 bits per heavy atom. The number of aromatic nitrogens is 2. The van der Waals surface area contributed by atoms with Gasteiger partial charge in [0.1, 0.15) is 11.9 Å². The van der Waals surface area contributed by atoms with Gasteiger partial charge in [0, 0.05) is 24.2 Å². The van der Waals surface area contributed by atoms with Crippen LogP contribution < -0.4 is 5.32 Å². The molecule has 3 rings (SSSR count). The molecule has 3 aromatic rings. The molecule has 5 nitrogen and oxygen atoms in total. The number of hydrogen-bond donors (Lipinski definition) is 1. The molecule has 0 spiro atoms. The molecule has 0 fully saturated rings. The number of nitrogens with zero attached hydrogens (tertiary/aromatic N) is 2. The predicted octanol–water partition coefficient (Wildman–Crippen LogP) is 4.80. The molecule has 0 bridgehead atoms. The molecule has 1 N–H and O–H groups in total. The van der Waals surface area contributed by atoms with Gasteiger partial charge >= 0.3 is 5.97 Å². The summed E-state index contributed by atoms with van der Waals surface area (Å²) in [7, 11) is 1.42. The number of carbonyl (C=O) groups excluding carboxylic acids is 1. The highest BCUT2D eigenvalue weighted by atomic mass is 35.5. The number of nitrogens with one attached hydrogen (secondary N) is 1. The maximum atomic E-state index is 12.4. The number of rotatable bonds is 11. The van der Waals surface area contributed by atoms with Crippen LogP contribution in [-0.4, -0.2) is 28.7 Å². The fourth-order valence-electron chi connectivity index (χ4n) is 3.58. The van der Waals surface area contributed by atoms with E-state index in [4.69, 9.17) is 16.3 Å². The standard InChI is InChI=1S/C25H30ClN3O2/c1-3-4-14-24-28-17-21(29(24)18-20-12-8-9-13-22(20)26)16-27-23(25(30)31-2)15-19-10-6-5-7-11-19/h5-13,17,23,27H,3-4,14-16,18H2,1-2H3/t23-/m0/s1. The highest BCUT2D eigenvalue weighted by Crippen LogP contribution is 2.19. The average Bonchev–Trinajstić information content (AvgIpc) is 3.18. The topological polar surface area (TPSA) is 56.1 Å². The number of unbranched alkanes of at least 4 members (excludes halogenated alkanes) is 1. The van der Waals surface area contributed by atoms with Crippen molar-refractivity contribution in [1.29, 1.82) is 0 Å². The van der Waals surface area contributed by atoms with Crippen molar-refractivity contribution in [2.75, 3.05) is 7.11 Å². The van der Waals surface area contributed by atoms with Crippen molar-refractivity contribution in [3.63, 3.8) is 0 Å². The van der Waals surface area contributed by atoms with Gasteiger partial charge in [0.25, 0.3) is 0 Å². The predicted molar refractivity (Wildman–Crippen MR) is 124 cm³/mol. The summed E-state index contributed by atoms with van der Waals surface area (Å²) < 4.78 is 7.24. The van der Waals surface area contributed by atoms with Crippen molar-refractivity contribution in [3.8, 4) is 0 Å². The van der Waals surface area contributed by atoms with E-state index in [2.05, 4.69) is 21.8 Å². The lowest BCUT2D eigenvalue weighted by molar-refractivity contribution is -0.143. The minimum Gasteiger partial charge on any atom is -0.468 e. The van der Waals surface area contributed by atoms with Crippen molar-refractivity contribution < 1.29 is 9.53 Å². The summed E-state index contributed by atoms with van der Waals surface area (Å²) in [5.74, 6) is 0.767. The van der Waals surface area contributed by atoms with Gasteiger partial charge in [0.15, 0.2) is 0 Å². The molecule has 2 aromatic carbocycles. The summed E-state index contributed by atoms with van der Waals surface area (Å²) in [6.07, 6.45) is 5.55. The average molecular weight is 440 g/mol. The molecule has 31 heavy (non-hydrogen) atoms. The second-order valence-electron chi connectivity index (χ2n) is 7.59. The second-order valence-corrected chi connectivity index (χ2v) is 8.00. The zero-order chi connectivity index (χ0) is 22.1. The lowest BCUT2D eigenvalue weighted by Crippen LogP contribution is -2.39.